The summed E-state index contributed by atoms with van der Waals surface area (Å²) in [4.78, 5) is 76.9. The van der Waals surface area contributed by atoms with Crippen LogP contribution in [0.1, 0.15) is 164 Å². The van der Waals surface area contributed by atoms with Crippen LogP contribution in [0.15, 0.2) is 12.7 Å². The fourth-order valence-corrected chi connectivity index (χ4v) is 15.1. The van der Waals surface area contributed by atoms with Crippen LogP contribution in [0.3, 0.4) is 0 Å². The number of ketones is 2. The number of carbonyl (C=O) groups excluding carboxylic acids is 5. The molecule has 5 saturated carbocycles. The zero-order chi connectivity index (χ0) is 43.0. The molecule has 0 radical (unpaired) electrons. The highest BCUT2D eigenvalue weighted by Gasteiger charge is 2.85. The molecule has 5 aliphatic carbocycles. The number of rotatable bonds is 17. The number of carbonyl (C=O) groups is 5. The average molecular weight is 839 g/mol. The molecule has 7 atom stereocenters. The van der Waals surface area contributed by atoms with Gasteiger partial charge in [-0.3, -0.25) is 33.6 Å². The lowest BCUT2D eigenvalue weighted by molar-refractivity contribution is -0.147. The summed E-state index contributed by atoms with van der Waals surface area (Å²) in [6.07, 6.45) is 14.2. The Balaban J connectivity index is 1.15. The Labute approximate surface area is 354 Å². The number of likely N-dealkylation sites (N-methyl/N-ethyl adjacent to an activating group) is 1. The van der Waals surface area contributed by atoms with Crippen molar-refractivity contribution in [3.8, 4) is 0 Å². The van der Waals surface area contributed by atoms with Gasteiger partial charge in [-0.1, -0.05) is 86.6 Å². The molecule has 330 valence electrons. The minimum absolute atomic E-state index is 0.0155. The molecule has 2 spiro atoms. The third-order valence-electron chi connectivity index (χ3n) is 17.7. The molecule has 7 rings (SSSR count). The van der Waals surface area contributed by atoms with Crippen molar-refractivity contribution in [2.24, 2.45) is 44.8 Å². The Morgan fingerprint density at radius 3 is 2.08 bits per heavy atom. The van der Waals surface area contributed by atoms with Gasteiger partial charge in [0.2, 0.25) is 27.7 Å². The zero-order valence-corrected chi connectivity index (χ0v) is 38.1. The van der Waals surface area contributed by atoms with Crippen LogP contribution in [0.2, 0.25) is 0 Å². The molecule has 59 heavy (non-hydrogen) atoms. The van der Waals surface area contributed by atoms with Gasteiger partial charge in [-0.2, -0.15) is 0 Å². The molecule has 7 aliphatic rings. The number of amides is 3. The first kappa shape index (κ1) is 44.5. The number of hydrogen-bond acceptors (Lipinski definition) is 8. The van der Waals surface area contributed by atoms with Gasteiger partial charge in [-0.25, -0.2) is 8.42 Å². The summed E-state index contributed by atoms with van der Waals surface area (Å²) in [6.45, 7) is 20.5. The molecule has 0 aromatic heterocycles. The molecular weight excluding hydrogens is 765 g/mol. The van der Waals surface area contributed by atoms with E-state index in [9.17, 15) is 27.6 Å². The van der Waals surface area contributed by atoms with Crippen LogP contribution in [0.5, 0.6) is 0 Å². The number of nitrogens with one attached hydrogen (secondary N) is 2. The Morgan fingerprint density at radius 2 is 1.56 bits per heavy atom. The number of fused-ring (bicyclic) bond motifs is 1. The second kappa shape index (κ2) is 15.6. The van der Waals surface area contributed by atoms with Crippen LogP contribution in [0.4, 0.5) is 0 Å². The van der Waals surface area contributed by atoms with Crippen LogP contribution in [0.25, 0.3) is 0 Å². The van der Waals surface area contributed by atoms with Crippen molar-refractivity contribution >= 4 is 39.3 Å². The third-order valence-corrected chi connectivity index (χ3v) is 19.9. The van der Waals surface area contributed by atoms with E-state index in [0.29, 0.717) is 45.1 Å². The van der Waals surface area contributed by atoms with Crippen LogP contribution < -0.4 is 10.0 Å². The van der Waals surface area contributed by atoms with Crippen LogP contribution in [0, 0.1) is 44.8 Å². The molecule has 0 bridgehead atoms. The van der Waals surface area contributed by atoms with E-state index in [1.165, 1.54) is 0 Å². The van der Waals surface area contributed by atoms with Crippen LogP contribution in [-0.2, 0) is 34.0 Å². The molecule has 3 amide bonds. The highest BCUT2D eigenvalue weighted by molar-refractivity contribution is 7.91. The maximum atomic E-state index is 15.4. The molecular formula is C47H74N4O7S. The molecule has 0 unspecified atom stereocenters. The first-order chi connectivity index (χ1) is 27.7. The fraction of sp³-hybridized carbons (Fsp3) is 0.851. The quantitative estimate of drug-likeness (QED) is 0.151. The molecule has 0 aromatic carbocycles. The SMILES string of the molecule is C=C[C@@H]1C[C@]1(CC(=O)[C@@H]1C[C@@]2(CN1C(=O)[C@@H](CC(=O)[C@@H](NC(=O)[C@@H]1CCCN1CC)C1CCCCC1)C(C)(C)C)C(C)(C)C21CCC1)C(=O)NS(=O)(=O)C1(CCC)CC1. The molecule has 12 heteroatoms. The first-order valence-corrected chi connectivity index (χ1v) is 24.8. The molecule has 0 aromatic rings. The van der Waals surface area contributed by atoms with Crippen molar-refractivity contribution in [2.45, 2.75) is 187 Å². The first-order valence-electron chi connectivity index (χ1n) is 23.3. The second-order valence-electron chi connectivity index (χ2n) is 21.8. The van der Waals surface area contributed by atoms with Gasteiger partial charge in [0, 0.05) is 30.7 Å². The van der Waals surface area contributed by atoms with Crippen LogP contribution in [-0.4, -0.2) is 90.0 Å². The molecule has 7 fully saturated rings. The Morgan fingerprint density at radius 1 is 0.881 bits per heavy atom. The van der Waals surface area contributed by atoms with E-state index in [4.69, 9.17) is 0 Å². The van der Waals surface area contributed by atoms with Crippen molar-refractivity contribution in [1.82, 2.24) is 19.8 Å². The van der Waals surface area contributed by atoms with Gasteiger partial charge in [0.15, 0.2) is 11.6 Å². The summed E-state index contributed by atoms with van der Waals surface area (Å²) in [5.74, 6) is -2.35. The van der Waals surface area contributed by atoms with Crippen molar-refractivity contribution in [3.63, 3.8) is 0 Å². The van der Waals surface area contributed by atoms with Crippen molar-refractivity contribution in [3.05, 3.63) is 12.7 Å². The second-order valence-corrected chi connectivity index (χ2v) is 23.9. The molecule has 2 heterocycles. The van der Waals surface area contributed by atoms with E-state index < -0.39 is 49.5 Å². The summed E-state index contributed by atoms with van der Waals surface area (Å²) in [5, 5.41) is 3.24. The van der Waals surface area contributed by atoms with E-state index in [2.05, 4.69) is 42.3 Å². The number of nitrogens with zero attached hydrogens (tertiary/aromatic N) is 2. The topological polar surface area (TPSA) is 150 Å². The van der Waals surface area contributed by atoms with Crippen molar-refractivity contribution in [1.29, 1.82) is 0 Å². The van der Waals surface area contributed by atoms with Gasteiger partial charge in [-0.05, 0) is 112 Å². The van der Waals surface area contributed by atoms with E-state index in [-0.39, 0.29) is 70.3 Å². The largest absolute Gasteiger partial charge is 0.345 e. The van der Waals surface area contributed by atoms with Crippen molar-refractivity contribution < 1.29 is 32.4 Å². The highest BCUT2D eigenvalue weighted by Crippen LogP contribution is 2.88. The number of likely N-dealkylation sites (tertiary alicyclic amines) is 2. The van der Waals surface area contributed by atoms with E-state index in [1.54, 1.807) is 11.0 Å². The lowest BCUT2D eigenvalue weighted by Crippen LogP contribution is -2.54. The van der Waals surface area contributed by atoms with Gasteiger partial charge in [0.05, 0.1) is 28.3 Å². The monoisotopic (exact) mass is 839 g/mol. The van der Waals surface area contributed by atoms with Gasteiger partial charge >= 0.3 is 0 Å². The third kappa shape index (κ3) is 7.27. The molecule has 2 saturated heterocycles. The summed E-state index contributed by atoms with van der Waals surface area (Å²) in [5.41, 5.74) is -2.18. The summed E-state index contributed by atoms with van der Waals surface area (Å²) < 4.78 is 28.6. The minimum Gasteiger partial charge on any atom is -0.345 e. The zero-order valence-electron chi connectivity index (χ0n) is 37.3. The minimum atomic E-state index is -3.94. The van der Waals surface area contributed by atoms with E-state index in [1.807, 2.05) is 27.7 Å². The van der Waals surface area contributed by atoms with Crippen LogP contribution >= 0.6 is 0 Å². The lowest BCUT2D eigenvalue weighted by atomic mass is 9.73. The summed E-state index contributed by atoms with van der Waals surface area (Å²) in [7, 11) is -3.94. The predicted octanol–water partition coefficient (Wildman–Crippen LogP) is 6.88. The Kier molecular flexibility index (Phi) is 11.8. The maximum absolute atomic E-state index is 15.4. The Bertz CT molecular complexity index is 1820. The van der Waals surface area contributed by atoms with E-state index in [0.717, 1.165) is 77.3 Å². The number of Topliss-reactive ketones (excluding diaryl/α,β-unsaturated/α-hetero) is 2. The predicted molar refractivity (Wildman–Crippen MR) is 228 cm³/mol. The Hall–Kier alpha value is -2.60. The summed E-state index contributed by atoms with van der Waals surface area (Å²) in [6, 6.07) is -1.72. The molecule has 2 N–H and O–H groups in total. The number of sulfonamides is 1. The molecule has 11 nitrogen and oxygen atoms in total. The number of hydrogen-bond donors (Lipinski definition) is 2. The van der Waals surface area contributed by atoms with Gasteiger partial charge < -0.3 is 10.2 Å². The maximum Gasteiger partial charge on any atom is 0.240 e. The van der Waals surface area contributed by atoms with Crippen molar-refractivity contribution in [2.75, 3.05) is 19.6 Å². The fourth-order valence-electron chi connectivity index (χ4n) is 13.3. The highest BCUT2D eigenvalue weighted by atomic mass is 32.2. The van der Waals surface area contributed by atoms with Gasteiger partial charge in [0.25, 0.3) is 0 Å². The summed E-state index contributed by atoms with van der Waals surface area (Å²) >= 11 is 0. The lowest BCUT2D eigenvalue weighted by Gasteiger charge is -2.37. The van der Waals surface area contributed by atoms with Gasteiger partial charge in [-0.15, -0.1) is 6.58 Å². The smallest absolute Gasteiger partial charge is 0.240 e. The number of allylic oxidation sites excluding steroid dienone is 1. The average Bonchev–Trinajstić information content (AvgIpc) is 4.06. The standard InChI is InChI=1S/C47H74N4O7S/c1-9-20-44(23-24-44)59(57,58)49-41(56)45(27-32(45)10-2)29-37(53)35-28-47(43(7,8)46(47)21-16-22-46)30-51(35)40(55)33(42(4,5)6)26-36(52)38(31-17-13-12-14-18-31)48-39(54)34-19-15-25-50(34)11-3/h10,31-35,38H,2,9,11-30H2,1,3-8H3,(H,48,54)(H,49,56)/t32-,33-,34+,35+,38+,45-,47-/m1/s1. The normalized spacial score (nSPS) is 32.9. The van der Waals surface area contributed by atoms with E-state index >= 15 is 4.79 Å². The molecule has 2 aliphatic heterocycles. The van der Waals surface area contributed by atoms with Gasteiger partial charge in [0.1, 0.15) is 0 Å².